The van der Waals surface area contributed by atoms with Crippen molar-refractivity contribution in [3.8, 4) is 11.5 Å². The van der Waals surface area contributed by atoms with Crippen LogP contribution in [0.2, 0.25) is 0 Å². The maximum absolute atomic E-state index is 13.8. The number of pyridine rings is 1. The molecule has 1 fully saturated rings. The van der Waals surface area contributed by atoms with Crippen molar-refractivity contribution in [2.45, 2.75) is 64.2 Å². The van der Waals surface area contributed by atoms with Crippen molar-refractivity contribution in [1.82, 2.24) is 4.98 Å². The maximum atomic E-state index is 13.8. The lowest BCUT2D eigenvalue weighted by Gasteiger charge is -2.41. The van der Waals surface area contributed by atoms with Gasteiger partial charge in [0, 0.05) is 31.9 Å². The second kappa shape index (κ2) is 13.8. The second-order valence-electron chi connectivity index (χ2n) is 11.6. The Labute approximate surface area is 242 Å². The van der Waals surface area contributed by atoms with E-state index < -0.39 is 11.9 Å². The summed E-state index contributed by atoms with van der Waals surface area (Å²) in [5.74, 6) is 0.350. The highest BCUT2D eigenvalue weighted by Crippen LogP contribution is 2.49. The number of rotatable bonds is 11. The second-order valence-corrected chi connectivity index (χ2v) is 11.6. The number of anilines is 1. The predicted molar refractivity (Wildman–Crippen MR) is 159 cm³/mol. The van der Waals surface area contributed by atoms with Gasteiger partial charge in [0.2, 0.25) is 12.7 Å². The minimum absolute atomic E-state index is 0.0328. The lowest BCUT2D eigenvalue weighted by atomic mass is 9.63. The molecule has 8 nitrogen and oxygen atoms in total. The number of hydrogen-bond donors (Lipinski definition) is 1. The third kappa shape index (κ3) is 7.16. The zero-order chi connectivity index (χ0) is 28.6. The molecule has 3 aliphatic rings. The fraction of sp³-hybridized carbons (Fsp3) is 0.515. The van der Waals surface area contributed by atoms with Crippen molar-refractivity contribution in [3.05, 3.63) is 60.4 Å². The van der Waals surface area contributed by atoms with E-state index >= 15 is 0 Å². The Morgan fingerprint density at radius 1 is 1.12 bits per heavy atom. The summed E-state index contributed by atoms with van der Waals surface area (Å²) in [6.45, 7) is 3.74. The zero-order valence-corrected chi connectivity index (χ0v) is 23.9. The SMILES string of the molecule is CCCCN(C(=O)CC1C[C@@H](CCC2C=CC=NCC2)[C@H](C(=O)O)[C@@H](c2ccc3c(c2)OCO3)C1)c1cccnc1. The van der Waals surface area contributed by atoms with Gasteiger partial charge in [-0.3, -0.25) is 19.6 Å². The summed E-state index contributed by atoms with van der Waals surface area (Å²) >= 11 is 0. The van der Waals surface area contributed by atoms with Crippen LogP contribution in [0.5, 0.6) is 11.5 Å². The molecule has 1 saturated carbocycles. The van der Waals surface area contributed by atoms with Gasteiger partial charge in [0.05, 0.1) is 17.8 Å². The van der Waals surface area contributed by atoms with Gasteiger partial charge in [-0.1, -0.05) is 25.5 Å². The molecule has 0 saturated heterocycles. The molecule has 3 heterocycles. The number of benzene rings is 1. The molecule has 2 aromatic rings. The Kier molecular flexibility index (Phi) is 9.70. The molecule has 0 spiro atoms. The molecular weight excluding hydrogens is 518 g/mol. The van der Waals surface area contributed by atoms with Gasteiger partial charge in [0.1, 0.15) is 0 Å². The summed E-state index contributed by atoms with van der Waals surface area (Å²) in [7, 11) is 0. The van der Waals surface area contributed by atoms with Gasteiger partial charge in [0.15, 0.2) is 11.5 Å². The van der Waals surface area contributed by atoms with Crippen LogP contribution in [0.25, 0.3) is 0 Å². The van der Waals surface area contributed by atoms with E-state index in [0.29, 0.717) is 36.8 Å². The minimum Gasteiger partial charge on any atom is -0.481 e. The van der Waals surface area contributed by atoms with Crippen molar-refractivity contribution in [3.63, 3.8) is 0 Å². The fourth-order valence-electron chi connectivity index (χ4n) is 6.76. The summed E-state index contributed by atoms with van der Waals surface area (Å²) in [5.41, 5.74) is 1.76. The van der Waals surface area contributed by atoms with Crippen molar-refractivity contribution >= 4 is 23.8 Å². The van der Waals surface area contributed by atoms with Gasteiger partial charge in [-0.2, -0.15) is 0 Å². The number of fused-ring (bicyclic) bond motifs is 1. The first kappa shape index (κ1) is 28.8. The molecule has 5 rings (SSSR count). The van der Waals surface area contributed by atoms with Crippen LogP contribution in [0.4, 0.5) is 5.69 Å². The molecule has 0 radical (unpaired) electrons. The van der Waals surface area contributed by atoms with Crippen LogP contribution in [-0.4, -0.2) is 48.1 Å². The Morgan fingerprint density at radius 2 is 2.00 bits per heavy atom. The minimum atomic E-state index is -0.762. The smallest absolute Gasteiger partial charge is 0.307 e. The summed E-state index contributed by atoms with van der Waals surface area (Å²) in [5, 5.41) is 10.5. The Bertz CT molecular complexity index is 1250. The fourth-order valence-corrected chi connectivity index (χ4v) is 6.76. The van der Waals surface area contributed by atoms with Crippen LogP contribution in [-0.2, 0) is 9.59 Å². The van der Waals surface area contributed by atoms with Gasteiger partial charge in [-0.05, 0) is 98.1 Å². The molecule has 218 valence electrons. The van der Waals surface area contributed by atoms with Crippen LogP contribution in [0.3, 0.4) is 0 Å². The van der Waals surface area contributed by atoms with E-state index in [1.807, 2.05) is 47.5 Å². The molecule has 1 N–H and O–H groups in total. The van der Waals surface area contributed by atoms with Crippen molar-refractivity contribution < 1.29 is 24.2 Å². The highest BCUT2D eigenvalue weighted by molar-refractivity contribution is 5.93. The number of carbonyl (C=O) groups excluding carboxylic acids is 1. The Morgan fingerprint density at radius 3 is 2.80 bits per heavy atom. The van der Waals surface area contributed by atoms with E-state index in [2.05, 4.69) is 23.0 Å². The first-order valence-electron chi connectivity index (χ1n) is 15.0. The number of allylic oxidation sites excluding steroid dienone is 2. The highest BCUT2D eigenvalue weighted by atomic mass is 16.7. The van der Waals surface area contributed by atoms with E-state index in [0.717, 1.165) is 56.3 Å². The average Bonchev–Trinajstić information content (AvgIpc) is 3.30. The third-order valence-electron chi connectivity index (χ3n) is 8.84. The number of hydrogen-bond acceptors (Lipinski definition) is 6. The molecular formula is C33H41N3O5. The molecule has 0 bridgehead atoms. The largest absolute Gasteiger partial charge is 0.481 e. The van der Waals surface area contributed by atoms with Crippen molar-refractivity contribution in [1.29, 1.82) is 0 Å². The summed E-state index contributed by atoms with van der Waals surface area (Å²) in [6.07, 6.45) is 15.9. The lowest BCUT2D eigenvalue weighted by Crippen LogP contribution is -2.39. The molecule has 8 heteroatoms. The number of amides is 1. The standard InChI is InChI=1S/C33H41N3O5/c1-2-3-16-36(27-7-5-14-35-21-27)31(37)19-24-17-26(9-8-23-6-4-13-34-15-12-23)32(33(38)39)28(18-24)25-10-11-29-30(20-25)41-22-40-29/h4-7,10-11,13-14,20-21,23-24,26,28,32H,2-3,8-9,12,15-19,22H2,1H3,(H,38,39)/t23?,24?,26-,28-,32+/m1/s1. The summed E-state index contributed by atoms with van der Waals surface area (Å²) < 4.78 is 11.2. The normalized spacial score (nSPS) is 25.0. The van der Waals surface area contributed by atoms with Crippen molar-refractivity contribution in [2.75, 3.05) is 24.8 Å². The van der Waals surface area contributed by atoms with Crippen LogP contribution >= 0.6 is 0 Å². The zero-order valence-electron chi connectivity index (χ0n) is 23.9. The average molecular weight is 560 g/mol. The van der Waals surface area contributed by atoms with Crippen molar-refractivity contribution in [2.24, 2.45) is 28.7 Å². The van der Waals surface area contributed by atoms with Gasteiger partial charge < -0.3 is 19.5 Å². The summed E-state index contributed by atoms with van der Waals surface area (Å²) in [4.78, 5) is 37.1. The molecule has 41 heavy (non-hydrogen) atoms. The van der Waals surface area contributed by atoms with Crippen LogP contribution in [0, 0.1) is 23.7 Å². The van der Waals surface area contributed by atoms with E-state index in [1.54, 1.807) is 12.4 Å². The van der Waals surface area contributed by atoms with Crippen LogP contribution in [0.15, 0.2) is 59.9 Å². The molecule has 5 atom stereocenters. The van der Waals surface area contributed by atoms with Gasteiger partial charge in [0.25, 0.3) is 0 Å². The lowest BCUT2D eigenvalue weighted by molar-refractivity contribution is -0.146. The number of aliphatic imine (C=N–C) groups is 1. The number of unbranched alkanes of at least 4 members (excludes halogenated alkanes) is 1. The Hall–Kier alpha value is -3.68. The number of aromatic nitrogens is 1. The summed E-state index contributed by atoms with van der Waals surface area (Å²) in [6, 6.07) is 9.59. The van der Waals surface area contributed by atoms with Gasteiger partial charge >= 0.3 is 5.97 Å². The van der Waals surface area contributed by atoms with E-state index in [9.17, 15) is 14.7 Å². The van der Waals surface area contributed by atoms with E-state index in [-0.39, 0.29) is 30.5 Å². The molecule has 2 aliphatic heterocycles. The quantitative estimate of drug-likeness (QED) is 0.348. The number of carboxylic acids is 1. The number of aliphatic carboxylic acids is 1. The first-order chi connectivity index (χ1) is 20.0. The maximum Gasteiger partial charge on any atom is 0.307 e. The molecule has 1 aromatic carbocycles. The van der Waals surface area contributed by atoms with Gasteiger partial charge in [-0.15, -0.1) is 0 Å². The van der Waals surface area contributed by atoms with E-state index in [4.69, 9.17) is 9.47 Å². The topological polar surface area (TPSA) is 101 Å². The van der Waals surface area contributed by atoms with Gasteiger partial charge in [-0.25, -0.2) is 0 Å². The number of ether oxygens (including phenoxy) is 2. The first-order valence-corrected chi connectivity index (χ1v) is 15.0. The number of carboxylic acid groups (broad SMARTS) is 1. The Balaban J connectivity index is 1.39. The molecule has 2 unspecified atom stereocenters. The monoisotopic (exact) mass is 559 g/mol. The number of carbonyl (C=O) groups is 2. The molecule has 1 amide bonds. The molecule has 1 aliphatic carbocycles. The third-order valence-corrected chi connectivity index (χ3v) is 8.84. The number of nitrogens with zero attached hydrogens (tertiary/aromatic N) is 3. The van der Waals surface area contributed by atoms with E-state index in [1.165, 1.54) is 0 Å². The predicted octanol–water partition coefficient (Wildman–Crippen LogP) is 6.27. The molecule has 1 aromatic heterocycles. The van der Waals surface area contributed by atoms with Crippen LogP contribution < -0.4 is 14.4 Å². The van der Waals surface area contributed by atoms with Crippen LogP contribution in [0.1, 0.15) is 69.8 Å². The highest BCUT2D eigenvalue weighted by Gasteiger charge is 2.43.